The maximum atomic E-state index is 12.4. The zero-order valence-electron chi connectivity index (χ0n) is 11.8. The first-order chi connectivity index (χ1) is 9.87. The van der Waals surface area contributed by atoms with E-state index < -0.39 is 14.9 Å². The summed E-state index contributed by atoms with van der Waals surface area (Å²) in [5.74, 6) is 1.06. The standard InChI is InChI=1S/C14H18N2O4S/c1-9-2-5-12(8-14(9)16(17)18)21(19,20)15-13-7-10-3-4-11(13)6-10/h2,5,8,10-11,13,15H,3-4,6-7H2,1H3/t10-,11-,13+/m0/s1. The first kappa shape index (κ1) is 14.5. The molecule has 114 valence electrons. The minimum atomic E-state index is -3.69. The fraction of sp³-hybridized carbons (Fsp3) is 0.571. The summed E-state index contributed by atoms with van der Waals surface area (Å²) < 4.78 is 27.6. The Bertz CT molecular complexity index is 686. The van der Waals surface area contributed by atoms with E-state index in [0.29, 0.717) is 17.4 Å². The Hall–Kier alpha value is -1.47. The molecule has 1 aromatic carbocycles. The zero-order valence-corrected chi connectivity index (χ0v) is 12.6. The van der Waals surface area contributed by atoms with Gasteiger partial charge in [-0.2, -0.15) is 0 Å². The Morgan fingerprint density at radius 1 is 1.29 bits per heavy atom. The van der Waals surface area contributed by atoms with E-state index in [0.717, 1.165) is 25.3 Å². The van der Waals surface area contributed by atoms with Crippen molar-refractivity contribution in [3.8, 4) is 0 Å². The van der Waals surface area contributed by atoms with Crippen molar-refractivity contribution in [1.29, 1.82) is 0 Å². The highest BCUT2D eigenvalue weighted by Crippen LogP contribution is 2.44. The molecule has 6 nitrogen and oxygen atoms in total. The van der Waals surface area contributed by atoms with Crippen LogP contribution in [0.4, 0.5) is 5.69 Å². The molecule has 0 saturated heterocycles. The number of nitro benzene ring substituents is 1. The van der Waals surface area contributed by atoms with Gasteiger partial charge in [-0.15, -0.1) is 0 Å². The number of aryl methyl sites for hydroxylation is 1. The van der Waals surface area contributed by atoms with Crippen molar-refractivity contribution in [3.05, 3.63) is 33.9 Å². The molecule has 2 fully saturated rings. The van der Waals surface area contributed by atoms with Crippen molar-refractivity contribution in [2.24, 2.45) is 11.8 Å². The number of sulfonamides is 1. The molecule has 3 atom stereocenters. The monoisotopic (exact) mass is 310 g/mol. The van der Waals surface area contributed by atoms with E-state index >= 15 is 0 Å². The third-order valence-electron chi connectivity index (χ3n) is 4.73. The molecule has 2 bridgehead atoms. The summed E-state index contributed by atoms with van der Waals surface area (Å²) in [6.45, 7) is 1.60. The predicted molar refractivity (Wildman–Crippen MR) is 77.4 cm³/mol. The fourth-order valence-corrected chi connectivity index (χ4v) is 4.95. The van der Waals surface area contributed by atoms with Crippen molar-refractivity contribution in [2.45, 2.75) is 43.5 Å². The van der Waals surface area contributed by atoms with Gasteiger partial charge in [0.05, 0.1) is 9.82 Å². The summed E-state index contributed by atoms with van der Waals surface area (Å²) in [6.07, 6.45) is 4.25. The van der Waals surface area contributed by atoms with Gasteiger partial charge in [-0.05, 0) is 44.1 Å². The van der Waals surface area contributed by atoms with Gasteiger partial charge < -0.3 is 0 Å². The molecule has 0 aromatic heterocycles. The lowest BCUT2D eigenvalue weighted by Crippen LogP contribution is -2.38. The van der Waals surface area contributed by atoms with Gasteiger partial charge in [0.25, 0.3) is 5.69 Å². The maximum Gasteiger partial charge on any atom is 0.273 e. The van der Waals surface area contributed by atoms with Crippen LogP contribution in [-0.4, -0.2) is 19.4 Å². The molecule has 2 aliphatic rings. The number of hydrogen-bond acceptors (Lipinski definition) is 4. The molecule has 7 heteroatoms. The molecule has 0 spiro atoms. The van der Waals surface area contributed by atoms with Crippen LogP contribution in [0.15, 0.2) is 23.1 Å². The molecule has 0 unspecified atom stereocenters. The van der Waals surface area contributed by atoms with Gasteiger partial charge in [-0.3, -0.25) is 10.1 Å². The molecular formula is C14H18N2O4S. The normalized spacial score (nSPS) is 28.0. The summed E-state index contributed by atoms with van der Waals surface area (Å²) in [6, 6.07) is 4.03. The van der Waals surface area contributed by atoms with Crippen LogP contribution in [0.1, 0.15) is 31.2 Å². The zero-order chi connectivity index (χ0) is 15.2. The fourth-order valence-electron chi connectivity index (χ4n) is 3.61. The predicted octanol–water partition coefficient (Wildman–Crippen LogP) is 2.37. The molecule has 0 radical (unpaired) electrons. The van der Waals surface area contributed by atoms with E-state index in [9.17, 15) is 18.5 Å². The number of nitrogens with one attached hydrogen (secondary N) is 1. The Labute approximate surface area is 123 Å². The van der Waals surface area contributed by atoms with Crippen LogP contribution in [0.25, 0.3) is 0 Å². The second-order valence-electron chi connectivity index (χ2n) is 6.11. The first-order valence-corrected chi connectivity index (χ1v) is 8.62. The van der Waals surface area contributed by atoms with Gasteiger partial charge in [-0.1, -0.05) is 12.5 Å². The Balaban J connectivity index is 1.85. The van der Waals surface area contributed by atoms with E-state index in [2.05, 4.69) is 4.72 Å². The van der Waals surface area contributed by atoms with Crippen LogP contribution in [0.2, 0.25) is 0 Å². The largest absolute Gasteiger partial charge is 0.273 e. The van der Waals surface area contributed by atoms with Gasteiger partial charge >= 0.3 is 0 Å². The molecule has 2 saturated carbocycles. The van der Waals surface area contributed by atoms with Crippen LogP contribution >= 0.6 is 0 Å². The first-order valence-electron chi connectivity index (χ1n) is 7.14. The van der Waals surface area contributed by atoms with E-state index in [1.807, 2.05) is 0 Å². The van der Waals surface area contributed by atoms with Gasteiger partial charge in [0.15, 0.2) is 0 Å². The van der Waals surface area contributed by atoms with Gasteiger partial charge in [0.2, 0.25) is 10.0 Å². The summed E-state index contributed by atoms with van der Waals surface area (Å²) >= 11 is 0. The smallest absolute Gasteiger partial charge is 0.258 e. The summed E-state index contributed by atoms with van der Waals surface area (Å²) in [5.41, 5.74) is 0.296. The number of benzene rings is 1. The van der Waals surface area contributed by atoms with Crippen molar-refractivity contribution in [2.75, 3.05) is 0 Å². The van der Waals surface area contributed by atoms with Crippen molar-refractivity contribution >= 4 is 15.7 Å². The highest BCUT2D eigenvalue weighted by atomic mass is 32.2. The summed E-state index contributed by atoms with van der Waals surface area (Å²) in [5, 5.41) is 10.9. The van der Waals surface area contributed by atoms with Crippen LogP contribution in [0.5, 0.6) is 0 Å². The van der Waals surface area contributed by atoms with Gasteiger partial charge in [-0.25, -0.2) is 13.1 Å². The van der Waals surface area contributed by atoms with E-state index in [4.69, 9.17) is 0 Å². The van der Waals surface area contributed by atoms with Crippen LogP contribution < -0.4 is 4.72 Å². The Morgan fingerprint density at radius 2 is 2.05 bits per heavy atom. The minimum Gasteiger partial charge on any atom is -0.258 e. The highest BCUT2D eigenvalue weighted by molar-refractivity contribution is 7.89. The van der Waals surface area contributed by atoms with Gasteiger partial charge in [0, 0.05) is 17.7 Å². The second-order valence-corrected chi connectivity index (χ2v) is 7.82. The topological polar surface area (TPSA) is 89.3 Å². The molecule has 0 amide bonds. The summed E-state index contributed by atoms with van der Waals surface area (Å²) in [7, 11) is -3.69. The highest BCUT2D eigenvalue weighted by Gasteiger charge is 2.41. The SMILES string of the molecule is Cc1ccc(S(=O)(=O)N[C@@H]2C[C@H]3CC[C@H]2C3)cc1[N+](=O)[O-]. The minimum absolute atomic E-state index is 0.0193. The summed E-state index contributed by atoms with van der Waals surface area (Å²) in [4.78, 5) is 10.4. The molecule has 1 aromatic rings. The average molecular weight is 310 g/mol. The number of nitro groups is 1. The van der Waals surface area contributed by atoms with Crippen molar-refractivity contribution < 1.29 is 13.3 Å². The van der Waals surface area contributed by atoms with E-state index in [1.54, 1.807) is 6.92 Å². The molecule has 21 heavy (non-hydrogen) atoms. The number of nitrogens with zero attached hydrogens (tertiary/aromatic N) is 1. The lowest BCUT2D eigenvalue weighted by molar-refractivity contribution is -0.385. The second kappa shape index (κ2) is 5.06. The molecule has 3 rings (SSSR count). The third kappa shape index (κ3) is 2.67. The Morgan fingerprint density at radius 3 is 2.62 bits per heavy atom. The molecule has 2 aliphatic carbocycles. The molecule has 0 heterocycles. The van der Waals surface area contributed by atoms with E-state index in [1.165, 1.54) is 18.6 Å². The lowest BCUT2D eigenvalue weighted by atomic mass is 9.96. The van der Waals surface area contributed by atoms with Crippen molar-refractivity contribution in [1.82, 2.24) is 4.72 Å². The van der Waals surface area contributed by atoms with Crippen LogP contribution in [-0.2, 0) is 10.0 Å². The molecule has 0 aliphatic heterocycles. The van der Waals surface area contributed by atoms with Crippen LogP contribution in [0.3, 0.4) is 0 Å². The van der Waals surface area contributed by atoms with Crippen LogP contribution in [0, 0.1) is 28.9 Å². The average Bonchev–Trinajstić information content (AvgIpc) is 3.00. The number of rotatable bonds is 4. The Kier molecular flexibility index (Phi) is 3.49. The maximum absolute atomic E-state index is 12.4. The van der Waals surface area contributed by atoms with Gasteiger partial charge in [0.1, 0.15) is 0 Å². The quantitative estimate of drug-likeness (QED) is 0.683. The number of hydrogen-bond donors (Lipinski definition) is 1. The lowest BCUT2D eigenvalue weighted by Gasteiger charge is -2.22. The molecule has 1 N–H and O–H groups in total. The third-order valence-corrected chi connectivity index (χ3v) is 6.22. The molecular weight excluding hydrogens is 292 g/mol. The number of fused-ring (bicyclic) bond motifs is 2. The van der Waals surface area contributed by atoms with E-state index in [-0.39, 0.29) is 16.6 Å². The van der Waals surface area contributed by atoms with Crippen molar-refractivity contribution in [3.63, 3.8) is 0 Å².